The molecule has 0 saturated carbocycles. The highest BCUT2D eigenvalue weighted by Crippen LogP contribution is 2.23. The number of rotatable bonds is 3. The second-order valence-electron chi connectivity index (χ2n) is 5.62. The van der Waals surface area contributed by atoms with Gasteiger partial charge in [0.1, 0.15) is 5.75 Å². The number of methoxy groups -OCH3 is 1. The largest absolute Gasteiger partial charge is 0.465 e. The number of fused-ring (bicyclic) bond motifs is 1. The molecule has 7 heteroatoms. The van der Waals surface area contributed by atoms with Crippen molar-refractivity contribution < 1.29 is 19.1 Å². The minimum Gasteiger partial charge on any atom is -0.465 e. The van der Waals surface area contributed by atoms with Gasteiger partial charge in [0, 0.05) is 12.7 Å². The summed E-state index contributed by atoms with van der Waals surface area (Å²) in [5.41, 5.74) is 2.82. The summed E-state index contributed by atoms with van der Waals surface area (Å²) in [6.45, 7) is 3.63. The number of ether oxygens (including phenoxy) is 2. The third-order valence-electron chi connectivity index (χ3n) is 3.80. The second kappa shape index (κ2) is 6.35. The Morgan fingerprint density at radius 1 is 1.08 bits per heavy atom. The zero-order chi connectivity index (χ0) is 18.1. The minimum atomic E-state index is -0.502. The Hall–Kier alpha value is -3.22. The average Bonchev–Trinajstić information content (AvgIpc) is 2.88. The van der Waals surface area contributed by atoms with Crippen LogP contribution in [0.3, 0.4) is 0 Å². The number of benzene rings is 1. The van der Waals surface area contributed by atoms with Crippen molar-refractivity contribution in [3.05, 3.63) is 52.8 Å². The van der Waals surface area contributed by atoms with E-state index >= 15 is 0 Å². The van der Waals surface area contributed by atoms with Gasteiger partial charge in [0.2, 0.25) is 0 Å². The van der Waals surface area contributed by atoms with E-state index in [9.17, 15) is 9.59 Å². The summed E-state index contributed by atoms with van der Waals surface area (Å²) in [7, 11) is 3.09. The van der Waals surface area contributed by atoms with Crippen molar-refractivity contribution in [3.63, 3.8) is 0 Å². The van der Waals surface area contributed by atoms with Crippen LogP contribution < -0.4 is 4.74 Å². The molecule has 3 aromatic rings. The summed E-state index contributed by atoms with van der Waals surface area (Å²) < 4.78 is 11.7. The number of carbonyl (C=O) groups excluding carboxylic acids is 2. The minimum absolute atomic E-state index is 0.335. The van der Waals surface area contributed by atoms with Crippen LogP contribution in [0.15, 0.2) is 30.3 Å². The van der Waals surface area contributed by atoms with Gasteiger partial charge in [-0.2, -0.15) is 5.10 Å². The number of carbonyl (C=O) groups is 2. The standard InChI is InChI=1S/C18H17N3O4/c1-10-9-14(15-11(2)20-21(3)16(15)19-10)18(23)25-13-7-5-12(6-8-13)17(22)24-4/h5-9H,1-4H3. The van der Waals surface area contributed by atoms with Crippen LogP contribution in [0.2, 0.25) is 0 Å². The molecule has 0 unspecified atom stereocenters. The van der Waals surface area contributed by atoms with Crippen molar-refractivity contribution in [3.8, 4) is 5.75 Å². The van der Waals surface area contributed by atoms with E-state index in [0.29, 0.717) is 39.3 Å². The third kappa shape index (κ3) is 3.08. The number of aromatic nitrogens is 3. The molecule has 7 nitrogen and oxygen atoms in total. The van der Waals surface area contributed by atoms with E-state index in [-0.39, 0.29) is 0 Å². The normalized spacial score (nSPS) is 10.7. The van der Waals surface area contributed by atoms with Gasteiger partial charge in [0.05, 0.1) is 29.3 Å². The second-order valence-corrected chi connectivity index (χ2v) is 5.62. The Bertz CT molecular complexity index is 974. The average molecular weight is 339 g/mol. The molecule has 0 fully saturated rings. The topological polar surface area (TPSA) is 83.3 Å². The fraction of sp³-hybridized carbons (Fsp3) is 0.222. The van der Waals surface area contributed by atoms with Gasteiger partial charge in [-0.05, 0) is 44.2 Å². The molecule has 2 aromatic heterocycles. The van der Waals surface area contributed by atoms with E-state index < -0.39 is 11.9 Å². The van der Waals surface area contributed by atoms with Gasteiger partial charge in [-0.15, -0.1) is 0 Å². The highest BCUT2D eigenvalue weighted by atomic mass is 16.5. The van der Waals surface area contributed by atoms with Gasteiger partial charge in [0.15, 0.2) is 5.65 Å². The van der Waals surface area contributed by atoms with E-state index in [1.807, 2.05) is 13.8 Å². The van der Waals surface area contributed by atoms with Crippen molar-refractivity contribution >= 4 is 23.0 Å². The van der Waals surface area contributed by atoms with Gasteiger partial charge in [-0.1, -0.05) is 0 Å². The molecular weight excluding hydrogens is 322 g/mol. The number of hydrogen-bond donors (Lipinski definition) is 0. The van der Waals surface area contributed by atoms with Gasteiger partial charge >= 0.3 is 11.9 Å². The summed E-state index contributed by atoms with van der Waals surface area (Å²) in [4.78, 5) is 28.5. The van der Waals surface area contributed by atoms with Crippen LogP contribution in [-0.2, 0) is 11.8 Å². The van der Waals surface area contributed by atoms with Crippen LogP contribution in [-0.4, -0.2) is 33.8 Å². The summed E-state index contributed by atoms with van der Waals surface area (Å²) in [5, 5.41) is 4.99. The van der Waals surface area contributed by atoms with Crippen molar-refractivity contribution in [1.29, 1.82) is 0 Å². The molecule has 0 radical (unpaired) electrons. The summed E-state index contributed by atoms with van der Waals surface area (Å²) in [5.74, 6) is -0.616. The molecule has 128 valence electrons. The lowest BCUT2D eigenvalue weighted by Gasteiger charge is -2.07. The number of nitrogens with zero attached hydrogens (tertiary/aromatic N) is 3. The molecule has 0 N–H and O–H groups in total. The van der Waals surface area contributed by atoms with E-state index in [2.05, 4.69) is 14.8 Å². The Labute approximate surface area is 144 Å². The first kappa shape index (κ1) is 16.6. The van der Waals surface area contributed by atoms with Gasteiger partial charge in [0.25, 0.3) is 0 Å². The van der Waals surface area contributed by atoms with E-state index in [1.165, 1.54) is 19.2 Å². The molecule has 0 aliphatic carbocycles. The molecule has 0 atom stereocenters. The zero-order valence-corrected chi connectivity index (χ0v) is 14.4. The number of pyridine rings is 1. The molecule has 3 rings (SSSR count). The Morgan fingerprint density at radius 2 is 1.76 bits per heavy atom. The van der Waals surface area contributed by atoms with Crippen LogP contribution in [0.25, 0.3) is 11.0 Å². The smallest absolute Gasteiger partial charge is 0.344 e. The Kier molecular flexibility index (Phi) is 4.22. The van der Waals surface area contributed by atoms with Crippen LogP contribution in [0.1, 0.15) is 32.1 Å². The lowest BCUT2D eigenvalue weighted by Crippen LogP contribution is -2.10. The van der Waals surface area contributed by atoms with Gasteiger partial charge in [-0.25, -0.2) is 14.6 Å². The van der Waals surface area contributed by atoms with Crippen molar-refractivity contribution in [2.24, 2.45) is 7.05 Å². The fourth-order valence-corrected chi connectivity index (χ4v) is 2.67. The Morgan fingerprint density at radius 3 is 2.40 bits per heavy atom. The van der Waals surface area contributed by atoms with Crippen molar-refractivity contribution in [2.75, 3.05) is 7.11 Å². The first-order chi connectivity index (χ1) is 11.9. The highest BCUT2D eigenvalue weighted by molar-refractivity contribution is 6.04. The van der Waals surface area contributed by atoms with E-state index in [1.54, 1.807) is 29.9 Å². The monoisotopic (exact) mass is 339 g/mol. The summed E-state index contributed by atoms with van der Waals surface area (Å²) >= 11 is 0. The zero-order valence-electron chi connectivity index (χ0n) is 14.4. The SMILES string of the molecule is COC(=O)c1ccc(OC(=O)c2cc(C)nc3c2c(C)nn3C)cc1. The predicted molar refractivity (Wildman–Crippen MR) is 90.7 cm³/mol. The predicted octanol–water partition coefficient (Wildman–Crippen LogP) is 2.59. The van der Waals surface area contributed by atoms with Crippen LogP contribution >= 0.6 is 0 Å². The molecule has 0 bridgehead atoms. The maximum Gasteiger partial charge on any atom is 0.344 e. The molecule has 0 spiro atoms. The lowest BCUT2D eigenvalue weighted by molar-refractivity contribution is 0.0600. The fourth-order valence-electron chi connectivity index (χ4n) is 2.67. The molecule has 0 aliphatic heterocycles. The number of aryl methyl sites for hydroxylation is 3. The van der Waals surface area contributed by atoms with E-state index in [0.717, 1.165) is 0 Å². The number of esters is 2. The van der Waals surface area contributed by atoms with Crippen molar-refractivity contribution in [2.45, 2.75) is 13.8 Å². The van der Waals surface area contributed by atoms with E-state index in [4.69, 9.17) is 4.74 Å². The van der Waals surface area contributed by atoms with Gasteiger partial charge in [-0.3, -0.25) is 4.68 Å². The first-order valence-corrected chi connectivity index (χ1v) is 7.62. The molecular formula is C18H17N3O4. The van der Waals surface area contributed by atoms with Gasteiger partial charge < -0.3 is 9.47 Å². The maximum absolute atomic E-state index is 12.6. The number of hydrogen-bond acceptors (Lipinski definition) is 6. The van der Waals surface area contributed by atoms with Crippen LogP contribution in [0.5, 0.6) is 5.75 Å². The highest BCUT2D eigenvalue weighted by Gasteiger charge is 2.19. The molecule has 25 heavy (non-hydrogen) atoms. The molecule has 0 aliphatic rings. The lowest BCUT2D eigenvalue weighted by atomic mass is 10.1. The first-order valence-electron chi connectivity index (χ1n) is 7.62. The maximum atomic E-state index is 12.6. The summed E-state index contributed by atoms with van der Waals surface area (Å²) in [6, 6.07) is 7.85. The molecule has 1 aromatic carbocycles. The molecule has 2 heterocycles. The third-order valence-corrected chi connectivity index (χ3v) is 3.80. The molecule has 0 saturated heterocycles. The van der Waals surface area contributed by atoms with Crippen LogP contribution in [0, 0.1) is 13.8 Å². The molecule has 0 amide bonds. The summed E-state index contributed by atoms with van der Waals surface area (Å²) in [6.07, 6.45) is 0. The van der Waals surface area contributed by atoms with Crippen molar-refractivity contribution in [1.82, 2.24) is 14.8 Å². The quantitative estimate of drug-likeness (QED) is 0.539. The Balaban J connectivity index is 1.94. The van der Waals surface area contributed by atoms with Crippen LogP contribution in [0.4, 0.5) is 0 Å².